The van der Waals surface area contributed by atoms with Crippen molar-refractivity contribution < 1.29 is 28.7 Å². The summed E-state index contributed by atoms with van der Waals surface area (Å²) in [6.07, 6.45) is 1.66. The van der Waals surface area contributed by atoms with Gasteiger partial charge in [0.2, 0.25) is 5.91 Å². The number of ether oxygens (including phenoxy) is 2. The number of aldehydes is 1. The second-order valence-electron chi connectivity index (χ2n) is 9.27. The maximum absolute atomic E-state index is 12.9. The zero-order valence-corrected chi connectivity index (χ0v) is 22.9. The van der Waals surface area contributed by atoms with E-state index in [0.29, 0.717) is 32.6 Å². The van der Waals surface area contributed by atoms with Gasteiger partial charge in [-0.1, -0.05) is 26.0 Å². The second-order valence-corrected chi connectivity index (χ2v) is 9.27. The number of nitrogens with two attached hydrogens (primary N) is 1. The number of hydrogen-bond acceptors (Lipinski definition) is 8. The highest BCUT2D eigenvalue weighted by atomic mass is 16.5. The number of urea groups is 1. The summed E-state index contributed by atoms with van der Waals surface area (Å²) in [5, 5.41) is 14.3. The Kier molecular flexibility index (Phi) is 15.4. The molecule has 12 nitrogen and oxygen atoms in total. The van der Waals surface area contributed by atoms with Crippen LogP contribution in [0.3, 0.4) is 0 Å². The molecule has 0 bridgehead atoms. The van der Waals surface area contributed by atoms with Crippen molar-refractivity contribution in [1.29, 1.82) is 0 Å². The molecule has 0 spiro atoms. The number of carbonyl (C=O) groups is 4. The van der Waals surface area contributed by atoms with Crippen LogP contribution in [0, 0.1) is 5.92 Å². The fourth-order valence-electron chi connectivity index (χ4n) is 3.72. The van der Waals surface area contributed by atoms with Gasteiger partial charge in [0, 0.05) is 38.5 Å². The lowest BCUT2D eigenvalue weighted by atomic mass is 9.92. The Morgan fingerprint density at radius 3 is 2.34 bits per heavy atom. The number of amides is 4. The highest BCUT2D eigenvalue weighted by Crippen LogP contribution is 2.16. The smallest absolute Gasteiger partial charge is 0.407 e. The minimum absolute atomic E-state index is 0.0146. The highest BCUT2D eigenvalue weighted by molar-refractivity contribution is 5.86. The molecule has 4 amide bonds. The number of benzene rings is 1. The van der Waals surface area contributed by atoms with Crippen LogP contribution in [0.15, 0.2) is 24.3 Å². The van der Waals surface area contributed by atoms with Crippen LogP contribution in [0.2, 0.25) is 0 Å². The Labute approximate surface area is 225 Å². The summed E-state index contributed by atoms with van der Waals surface area (Å²) in [7, 11) is 1.69. The number of rotatable bonds is 19. The van der Waals surface area contributed by atoms with Gasteiger partial charge in [0.25, 0.3) is 0 Å². The molecular formula is C26H44N6O6. The van der Waals surface area contributed by atoms with Gasteiger partial charge in [-0.3, -0.25) is 4.79 Å². The Morgan fingerprint density at radius 2 is 1.76 bits per heavy atom. The third-order valence-corrected chi connectivity index (χ3v) is 5.83. The van der Waals surface area contributed by atoms with Gasteiger partial charge in [-0.05, 0) is 56.8 Å². The van der Waals surface area contributed by atoms with Crippen molar-refractivity contribution in [3.8, 4) is 0 Å². The first-order valence-corrected chi connectivity index (χ1v) is 13.0. The zero-order valence-electron chi connectivity index (χ0n) is 22.9. The number of anilines is 1. The molecule has 0 heterocycles. The molecule has 0 saturated heterocycles. The van der Waals surface area contributed by atoms with Gasteiger partial charge in [-0.2, -0.15) is 0 Å². The molecule has 2 atom stereocenters. The van der Waals surface area contributed by atoms with Gasteiger partial charge < -0.3 is 46.6 Å². The molecule has 7 N–H and O–H groups in total. The van der Waals surface area contributed by atoms with E-state index in [1.54, 1.807) is 31.3 Å². The highest BCUT2D eigenvalue weighted by Gasteiger charge is 2.34. The van der Waals surface area contributed by atoms with Crippen LogP contribution in [0.4, 0.5) is 15.3 Å². The molecule has 0 aromatic heterocycles. The summed E-state index contributed by atoms with van der Waals surface area (Å²) < 4.78 is 10.4. The lowest BCUT2D eigenvalue weighted by Gasteiger charge is -2.32. The predicted molar refractivity (Wildman–Crippen MR) is 146 cm³/mol. The molecular weight excluding hydrogens is 492 g/mol. The number of likely N-dealkylation sites (N-methyl/N-ethyl adjacent to an activating group) is 1. The molecule has 38 heavy (non-hydrogen) atoms. The largest absolute Gasteiger partial charge is 0.445 e. The molecule has 1 aromatic carbocycles. The van der Waals surface area contributed by atoms with E-state index >= 15 is 0 Å². The van der Waals surface area contributed by atoms with Gasteiger partial charge in [-0.15, -0.1) is 0 Å². The average Bonchev–Trinajstić information content (AvgIpc) is 2.89. The lowest BCUT2D eigenvalue weighted by Crippen LogP contribution is -2.59. The van der Waals surface area contributed by atoms with Crippen molar-refractivity contribution >= 4 is 30.0 Å². The first-order valence-electron chi connectivity index (χ1n) is 13.0. The molecule has 0 aliphatic rings. The SMILES string of the molecule is CCOCCCNC(=O)OCc1ccc(NC[C@@](C=O)(CCCNC(N)=O)NC(=O)[C@@H](NC)C(C)C)cc1. The van der Waals surface area contributed by atoms with Crippen LogP contribution in [-0.4, -0.2) is 75.8 Å². The molecule has 214 valence electrons. The van der Waals surface area contributed by atoms with Crippen molar-refractivity contribution in [3.05, 3.63) is 29.8 Å². The van der Waals surface area contributed by atoms with Gasteiger partial charge in [-0.25, -0.2) is 9.59 Å². The Balaban J connectivity index is 2.73. The van der Waals surface area contributed by atoms with E-state index in [1.807, 2.05) is 20.8 Å². The van der Waals surface area contributed by atoms with Gasteiger partial charge in [0.05, 0.1) is 6.04 Å². The zero-order chi connectivity index (χ0) is 28.4. The number of hydrogen-bond donors (Lipinski definition) is 6. The molecule has 0 unspecified atom stereocenters. The monoisotopic (exact) mass is 536 g/mol. The Morgan fingerprint density at radius 1 is 1.08 bits per heavy atom. The summed E-state index contributed by atoms with van der Waals surface area (Å²) in [5.41, 5.74) is 5.43. The Hall–Kier alpha value is -3.38. The normalized spacial score (nSPS) is 13.2. The minimum atomic E-state index is -1.21. The van der Waals surface area contributed by atoms with Crippen LogP contribution in [-0.2, 0) is 25.7 Å². The molecule has 0 aliphatic heterocycles. The molecule has 0 saturated carbocycles. The van der Waals surface area contributed by atoms with Crippen molar-refractivity contribution in [3.63, 3.8) is 0 Å². The van der Waals surface area contributed by atoms with Crippen LogP contribution < -0.4 is 32.3 Å². The van der Waals surface area contributed by atoms with Gasteiger partial charge in [0.15, 0.2) is 0 Å². The quantitative estimate of drug-likeness (QED) is 0.114. The minimum Gasteiger partial charge on any atom is -0.445 e. The van der Waals surface area contributed by atoms with E-state index in [9.17, 15) is 19.2 Å². The van der Waals surface area contributed by atoms with E-state index in [-0.39, 0.29) is 37.9 Å². The summed E-state index contributed by atoms with van der Waals surface area (Å²) in [6, 6.07) is 6.09. The summed E-state index contributed by atoms with van der Waals surface area (Å²) >= 11 is 0. The summed E-state index contributed by atoms with van der Waals surface area (Å²) in [5.74, 6) is -0.274. The van der Waals surface area contributed by atoms with Crippen LogP contribution >= 0.6 is 0 Å². The standard InChI is InChI=1S/C26H44N6O6/c1-5-37-15-7-14-30-25(36)38-16-20-8-10-21(11-9-20)31-17-26(18-33,12-6-13-29-24(27)35)32-23(34)22(28-4)19(2)3/h8-11,18-19,22,28,31H,5-7,12-17H2,1-4H3,(H,30,36)(H,32,34)(H3,27,29,35)/t22-,26+/m0/s1. The number of primary amides is 1. The Bertz CT molecular complexity index is 866. The molecule has 0 radical (unpaired) electrons. The number of nitrogens with one attached hydrogen (secondary N) is 5. The molecule has 1 rings (SSSR count). The van der Waals surface area contributed by atoms with E-state index < -0.39 is 23.7 Å². The number of carbonyl (C=O) groups excluding carboxylic acids is 4. The maximum Gasteiger partial charge on any atom is 0.407 e. The third-order valence-electron chi connectivity index (χ3n) is 5.83. The first-order chi connectivity index (χ1) is 18.2. The first kappa shape index (κ1) is 32.6. The fraction of sp³-hybridized carbons (Fsp3) is 0.615. The fourth-order valence-corrected chi connectivity index (χ4v) is 3.72. The molecule has 1 aromatic rings. The van der Waals surface area contributed by atoms with E-state index in [1.165, 1.54) is 0 Å². The van der Waals surface area contributed by atoms with E-state index in [0.717, 1.165) is 17.5 Å². The van der Waals surface area contributed by atoms with Crippen LogP contribution in [0.5, 0.6) is 0 Å². The molecule has 0 fully saturated rings. The van der Waals surface area contributed by atoms with Crippen molar-refractivity contribution in [2.75, 3.05) is 45.2 Å². The molecule has 12 heteroatoms. The summed E-state index contributed by atoms with van der Waals surface area (Å²) in [4.78, 5) is 48.0. The molecule has 0 aliphatic carbocycles. The van der Waals surface area contributed by atoms with Crippen LogP contribution in [0.25, 0.3) is 0 Å². The average molecular weight is 537 g/mol. The summed E-state index contributed by atoms with van der Waals surface area (Å²) in [6.45, 7) is 7.95. The predicted octanol–water partition coefficient (Wildman–Crippen LogP) is 1.50. The maximum atomic E-state index is 12.9. The van der Waals surface area contributed by atoms with E-state index in [2.05, 4.69) is 26.6 Å². The van der Waals surface area contributed by atoms with E-state index in [4.69, 9.17) is 15.2 Å². The third kappa shape index (κ3) is 12.7. The van der Waals surface area contributed by atoms with Gasteiger partial charge in [0.1, 0.15) is 18.4 Å². The topological polar surface area (TPSA) is 173 Å². The lowest BCUT2D eigenvalue weighted by molar-refractivity contribution is -0.129. The van der Waals surface area contributed by atoms with Crippen molar-refractivity contribution in [1.82, 2.24) is 21.3 Å². The second kappa shape index (κ2) is 18.0. The van der Waals surface area contributed by atoms with Crippen molar-refractivity contribution in [2.45, 2.75) is 58.2 Å². The van der Waals surface area contributed by atoms with Crippen molar-refractivity contribution in [2.24, 2.45) is 11.7 Å². The van der Waals surface area contributed by atoms with Gasteiger partial charge >= 0.3 is 12.1 Å². The number of alkyl carbamates (subject to hydrolysis) is 1. The van der Waals surface area contributed by atoms with Crippen LogP contribution in [0.1, 0.15) is 45.6 Å².